The number of carbonyl (C=O) groups is 2. The molecule has 0 aliphatic heterocycles. The van der Waals surface area contributed by atoms with Gasteiger partial charge in [0, 0.05) is 12.5 Å². The van der Waals surface area contributed by atoms with E-state index in [4.69, 9.17) is 0 Å². The summed E-state index contributed by atoms with van der Waals surface area (Å²) in [5.41, 5.74) is 1.56. The fourth-order valence-corrected chi connectivity index (χ4v) is 2.52. The molecule has 0 radical (unpaired) electrons. The average Bonchev–Trinajstić information content (AvgIpc) is 2.88. The molecule has 0 heterocycles. The molecule has 0 aromatic heterocycles. The number of benzene rings is 1. The fourth-order valence-electron chi connectivity index (χ4n) is 2.52. The van der Waals surface area contributed by atoms with Gasteiger partial charge < -0.3 is 10.4 Å². The molecular weight excluding hydrogens is 254 g/mol. The van der Waals surface area contributed by atoms with Crippen molar-refractivity contribution in [3.8, 4) is 0 Å². The molecule has 2 N–H and O–H groups in total. The standard InChI is InChI=1S/C16H21NO3/c1-3-16(2,15(19)20)10-17-14(18)13-8-11-6-4-5-7-12(11)9-13/h4-7,13H,3,8-10H2,1-2H3,(H,17,18)(H,19,20). The molecule has 108 valence electrons. The summed E-state index contributed by atoms with van der Waals surface area (Å²) in [5, 5.41) is 12.0. The Morgan fingerprint density at radius 2 is 1.85 bits per heavy atom. The van der Waals surface area contributed by atoms with Crippen molar-refractivity contribution in [1.29, 1.82) is 0 Å². The first-order valence-corrected chi connectivity index (χ1v) is 7.04. The van der Waals surface area contributed by atoms with Crippen LogP contribution in [0.5, 0.6) is 0 Å². The van der Waals surface area contributed by atoms with Gasteiger partial charge in [0.15, 0.2) is 0 Å². The van der Waals surface area contributed by atoms with Gasteiger partial charge in [0.2, 0.25) is 5.91 Å². The van der Waals surface area contributed by atoms with Gasteiger partial charge in [-0.05, 0) is 37.3 Å². The molecule has 1 aliphatic rings. The van der Waals surface area contributed by atoms with Gasteiger partial charge >= 0.3 is 5.97 Å². The number of hydrogen-bond donors (Lipinski definition) is 2. The van der Waals surface area contributed by atoms with E-state index in [0.717, 1.165) is 12.8 Å². The van der Waals surface area contributed by atoms with Crippen LogP contribution >= 0.6 is 0 Å². The van der Waals surface area contributed by atoms with E-state index in [0.29, 0.717) is 6.42 Å². The van der Waals surface area contributed by atoms with Crippen LogP contribution in [-0.2, 0) is 22.4 Å². The zero-order valence-corrected chi connectivity index (χ0v) is 12.0. The van der Waals surface area contributed by atoms with Crippen LogP contribution in [0.15, 0.2) is 24.3 Å². The Labute approximate surface area is 119 Å². The van der Waals surface area contributed by atoms with E-state index in [1.807, 2.05) is 19.1 Å². The Morgan fingerprint density at radius 3 is 2.30 bits per heavy atom. The molecular formula is C16H21NO3. The maximum Gasteiger partial charge on any atom is 0.311 e. The second-order valence-corrected chi connectivity index (χ2v) is 5.81. The number of nitrogens with one attached hydrogen (secondary N) is 1. The lowest BCUT2D eigenvalue weighted by atomic mass is 9.87. The third-order valence-electron chi connectivity index (χ3n) is 4.37. The molecule has 0 saturated heterocycles. The summed E-state index contributed by atoms with van der Waals surface area (Å²) in [6, 6.07) is 8.07. The summed E-state index contributed by atoms with van der Waals surface area (Å²) in [6.45, 7) is 3.68. The molecule has 0 spiro atoms. The molecule has 1 aromatic carbocycles. The minimum atomic E-state index is -0.888. The van der Waals surface area contributed by atoms with E-state index in [1.54, 1.807) is 6.92 Å². The second-order valence-electron chi connectivity index (χ2n) is 5.81. The molecule has 0 bridgehead atoms. The van der Waals surface area contributed by atoms with E-state index < -0.39 is 11.4 Å². The number of hydrogen-bond acceptors (Lipinski definition) is 2. The van der Waals surface area contributed by atoms with E-state index in [2.05, 4.69) is 17.4 Å². The van der Waals surface area contributed by atoms with Gasteiger partial charge in [0.25, 0.3) is 0 Å². The number of carboxylic acids is 1. The first-order chi connectivity index (χ1) is 9.46. The van der Waals surface area contributed by atoms with Crippen LogP contribution in [0.25, 0.3) is 0 Å². The van der Waals surface area contributed by atoms with Crippen LogP contribution in [0, 0.1) is 11.3 Å². The van der Waals surface area contributed by atoms with Crippen LogP contribution in [0.1, 0.15) is 31.4 Å². The SMILES string of the molecule is CCC(C)(CNC(=O)C1Cc2ccccc2C1)C(=O)O. The van der Waals surface area contributed by atoms with Gasteiger partial charge in [0.05, 0.1) is 5.41 Å². The van der Waals surface area contributed by atoms with Crippen molar-refractivity contribution in [2.24, 2.45) is 11.3 Å². The van der Waals surface area contributed by atoms with Crippen molar-refractivity contribution in [1.82, 2.24) is 5.32 Å². The molecule has 0 saturated carbocycles. The van der Waals surface area contributed by atoms with Crippen molar-refractivity contribution >= 4 is 11.9 Å². The maximum atomic E-state index is 12.2. The molecule has 4 nitrogen and oxygen atoms in total. The Bertz CT molecular complexity index is 501. The summed E-state index contributed by atoms with van der Waals surface area (Å²) >= 11 is 0. The van der Waals surface area contributed by atoms with Gasteiger partial charge in [-0.3, -0.25) is 9.59 Å². The third kappa shape index (κ3) is 2.84. The van der Waals surface area contributed by atoms with Crippen molar-refractivity contribution in [3.63, 3.8) is 0 Å². The van der Waals surface area contributed by atoms with Gasteiger partial charge in [-0.25, -0.2) is 0 Å². The maximum absolute atomic E-state index is 12.2. The molecule has 2 rings (SSSR count). The summed E-state index contributed by atoms with van der Waals surface area (Å²) in [6.07, 6.45) is 1.99. The van der Waals surface area contributed by atoms with Crippen molar-refractivity contribution < 1.29 is 14.7 Å². The normalized spacial score (nSPS) is 17.3. The van der Waals surface area contributed by atoms with Gasteiger partial charge in [0.1, 0.15) is 0 Å². The number of amides is 1. The highest BCUT2D eigenvalue weighted by atomic mass is 16.4. The van der Waals surface area contributed by atoms with E-state index in [9.17, 15) is 14.7 Å². The summed E-state index contributed by atoms with van der Waals surface area (Å²) in [7, 11) is 0. The topological polar surface area (TPSA) is 66.4 Å². The minimum Gasteiger partial charge on any atom is -0.481 e. The Kier molecular flexibility index (Phi) is 4.12. The zero-order chi connectivity index (χ0) is 14.8. The first kappa shape index (κ1) is 14.6. The number of aliphatic carboxylic acids is 1. The van der Waals surface area contributed by atoms with Gasteiger partial charge in [-0.15, -0.1) is 0 Å². The first-order valence-electron chi connectivity index (χ1n) is 7.04. The molecule has 1 unspecified atom stereocenters. The highest BCUT2D eigenvalue weighted by Gasteiger charge is 2.33. The number of carbonyl (C=O) groups excluding carboxylic acids is 1. The molecule has 1 amide bonds. The zero-order valence-electron chi connectivity index (χ0n) is 12.0. The lowest BCUT2D eigenvalue weighted by Crippen LogP contribution is -2.42. The fraction of sp³-hybridized carbons (Fsp3) is 0.500. The highest BCUT2D eigenvalue weighted by Crippen LogP contribution is 2.27. The second kappa shape index (κ2) is 5.65. The molecule has 1 atom stereocenters. The monoisotopic (exact) mass is 275 g/mol. The van der Waals surface area contributed by atoms with Crippen LogP contribution in [-0.4, -0.2) is 23.5 Å². The Morgan fingerprint density at radius 1 is 1.30 bits per heavy atom. The lowest BCUT2D eigenvalue weighted by Gasteiger charge is -2.24. The van der Waals surface area contributed by atoms with E-state index >= 15 is 0 Å². The summed E-state index contributed by atoms with van der Waals surface area (Å²) in [5.74, 6) is -0.973. The molecule has 1 aromatic rings. The predicted octanol–water partition coefficient (Wildman–Crippen LogP) is 2.02. The summed E-state index contributed by atoms with van der Waals surface area (Å²) in [4.78, 5) is 23.4. The number of fused-ring (bicyclic) bond motifs is 1. The van der Waals surface area contributed by atoms with Gasteiger partial charge in [-0.1, -0.05) is 31.2 Å². The average molecular weight is 275 g/mol. The molecule has 0 fully saturated rings. The van der Waals surface area contributed by atoms with Crippen LogP contribution < -0.4 is 5.32 Å². The highest BCUT2D eigenvalue weighted by molar-refractivity contribution is 5.81. The number of carboxylic acid groups (broad SMARTS) is 1. The quantitative estimate of drug-likeness (QED) is 0.864. The molecule has 1 aliphatic carbocycles. The lowest BCUT2D eigenvalue weighted by molar-refractivity contribution is -0.148. The van der Waals surface area contributed by atoms with E-state index in [1.165, 1.54) is 11.1 Å². The van der Waals surface area contributed by atoms with Crippen molar-refractivity contribution in [3.05, 3.63) is 35.4 Å². The Balaban J connectivity index is 1.93. The third-order valence-corrected chi connectivity index (χ3v) is 4.37. The van der Waals surface area contributed by atoms with Crippen LogP contribution in [0.2, 0.25) is 0 Å². The molecule has 20 heavy (non-hydrogen) atoms. The van der Waals surface area contributed by atoms with Gasteiger partial charge in [-0.2, -0.15) is 0 Å². The largest absolute Gasteiger partial charge is 0.481 e. The van der Waals surface area contributed by atoms with Crippen molar-refractivity contribution in [2.45, 2.75) is 33.1 Å². The molecule has 4 heteroatoms. The van der Waals surface area contributed by atoms with Crippen molar-refractivity contribution in [2.75, 3.05) is 6.54 Å². The Hall–Kier alpha value is -1.84. The van der Waals surface area contributed by atoms with Crippen LogP contribution in [0.3, 0.4) is 0 Å². The summed E-state index contributed by atoms with van der Waals surface area (Å²) < 4.78 is 0. The van der Waals surface area contributed by atoms with E-state index in [-0.39, 0.29) is 18.4 Å². The predicted molar refractivity (Wildman–Crippen MR) is 76.4 cm³/mol. The smallest absolute Gasteiger partial charge is 0.311 e. The minimum absolute atomic E-state index is 0.0397. The number of rotatable bonds is 5. The van der Waals surface area contributed by atoms with Crippen LogP contribution in [0.4, 0.5) is 0 Å².